The van der Waals surface area contributed by atoms with Gasteiger partial charge in [0, 0.05) is 18.0 Å². The summed E-state index contributed by atoms with van der Waals surface area (Å²) in [6.07, 6.45) is 2.79. The first-order valence-corrected chi connectivity index (χ1v) is 5.39. The summed E-state index contributed by atoms with van der Waals surface area (Å²) in [6, 6.07) is 1.72. The van der Waals surface area contributed by atoms with E-state index in [0.29, 0.717) is 5.69 Å². The van der Waals surface area contributed by atoms with Crippen molar-refractivity contribution in [2.75, 3.05) is 5.32 Å². The smallest absolute Gasteiger partial charge is 0.412 e. The van der Waals surface area contributed by atoms with Gasteiger partial charge in [0.25, 0.3) is 0 Å². The Morgan fingerprint density at radius 3 is 2.65 bits per heavy atom. The van der Waals surface area contributed by atoms with E-state index in [1.807, 2.05) is 27.7 Å². The summed E-state index contributed by atoms with van der Waals surface area (Å²) in [5.74, 6) is 0. The molecule has 0 bridgehead atoms. The van der Waals surface area contributed by atoms with Gasteiger partial charge in [0.1, 0.15) is 5.60 Å². The largest absolute Gasteiger partial charge is 0.444 e. The first kappa shape index (κ1) is 13.2. The molecular weight excluding hydrogens is 216 g/mol. The molecule has 0 atom stereocenters. The molecule has 0 aliphatic carbocycles. The van der Waals surface area contributed by atoms with E-state index in [-0.39, 0.29) is 0 Å². The van der Waals surface area contributed by atoms with Gasteiger partial charge in [0.2, 0.25) is 0 Å². The van der Waals surface area contributed by atoms with Crippen LogP contribution in [0.5, 0.6) is 0 Å². The summed E-state index contributed by atoms with van der Waals surface area (Å²) in [4.78, 5) is 15.6. The van der Waals surface area contributed by atoms with Crippen LogP contribution in [0.3, 0.4) is 0 Å². The standard InChI is InChI=1S/C13H18N2O2/c1-9(2)10-8-14-7-6-11(10)15-12(16)17-13(3,4)5/h6-8H,1H2,2-5H3,(H,14,15,16). The maximum absolute atomic E-state index is 11.6. The molecule has 0 unspecified atom stereocenters. The maximum atomic E-state index is 11.6. The van der Waals surface area contributed by atoms with Gasteiger partial charge in [-0.15, -0.1) is 0 Å². The summed E-state index contributed by atoms with van der Waals surface area (Å²) in [5, 5.41) is 2.69. The lowest BCUT2D eigenvalue weighted by Gasteiger charge is -2.20. The number of anilines is 1. The number of aromatic nitrogens is 1. The number of pyridine rings is 1. The topological polar surface area (TPSA) is 51.2 Å². The number of nitrogens with one attached hydrogen (secondary N) is 1. The molecule has 0 radical (unpaired) electrons. The highest BCUT2D eigenvalue weighted by atomic mass is 16.6. The molecule has 1 N–H and O–H groups in total. The van der Waals surface area contributed by atoms with Crippen molar-refractivity contribution in [3.8, 4) is 0 Å². The number of hydrogen-bond donors (Lipinski definition) is 1. The summed E-state index contributed by atoms with van der Waals surface area (Å²) >= 11 is 0. The molecular formula is C13H18N2O2. The van der Waals surface area contributed by atoms with Gasteiger partial charge in [-0.2, -0.15) is 0 Å². The third-order valence-electron chi connectivity index (χ3n) is 1.92. The van der Waals surface area contributed by atoms with E-state index in [2.05, 4.69) is 16.9 Å². The zero-order chi connectivity index (χ0) is 13.1. The van der Waals surface area contributed by atoms with Gasteiger partial charge in [-0.1, -0.05) is 6.58 Å². The zero-order valence-corrected chi connectivity index (χ0v) is 10.7. The fraction of sp³-hybridized carbons (Fsp3) is 0.385. The summed E-state index contributed by atoms with van der Waals surface area (Å²) < 4.78 is 5.18. The van der Waals surface area contributed by atoms with E-state index >= 15 is 0 Å². The lowest BCUT2D eigenvalue weighted by molar-refractivity contribution is 0.0636. The normalized spacial score (nSPS) is 10.8. The molecule has 1 heterocycles. The Morgan fingerprint density at radius 2 is 2.12 bits per heavy atom. The van der Waals surface area contributed by atoms with Gasteiger partial charge < -0.3 is 4.74 Å². The van der Waals surface area contributed by atoms with Crippen LogP contribution < -0.4 is 5.32 Å². The van der Waals surface area contributed by atoms with Crippen molar-refractivity contribution >= 4 is 17.4 Å². The van der Waals surface area contributed by atoms with E-state index in [0.717, 1.165) is 11.1 Å². The Kier molecular flexibility index (Phi) is 3.89. The van der Waals surface area contributed by atoms with Crippen LogP contribution in [-0.2, 0) is 4.74 Å². The van der Waals surface area contributed by atoms with E-state index in [9.17, 15) is 4.79 Å². The number of nitrogens with zero attached hydrogens (tertiary/aromatic N) is 1. The molecule has 0 aliphatic rings. The highest BCUT2D eigenvalue weighted by molar-refractivity contribution is 5.89. The number of carbonyl (C=O) groups excluding carboxylic acids is 1. The van der Waals surface area contributed by atoms with E-state index in [1.54, 1.807) is 18.5 Å². The molecule has 17 heavy (non-hydrogen) atoms. The second kappa shape index (κ2) is 4.99. The maximum Gasteiger partial charge on any atom is 0.412 e. The molecule has 92 valence electrons. The second-order valence-corrected chi connectivity index (χ2v) is 4.83. The van der Waals surface area contributed by atoms with Crippen molar-refractivity contribution in [2.45, 2.75) is 33.3 Å². The highest BCUT2D eigenvalue weighted by Crippen LogP contribution is 2.21. The zero-order valence-electron chi connectivity index (χ0n) is 10.7. The van der Waals surface area contributed by atoms with Gasteiger partial charge in [-0.3, -0.25) is 10.3 Å². The van der Waals surface area contributed by atoms with Crippen LogP contribution in [0.1, 0.15) is 33.3 Å². The third-order valence-corrected chi connectivity index (χ3v) is 1.92. The number of ether oxygens (including phenoxy) is 1. The molecule has 0 spiro atoms. The van der Waals surface area contributed by atoms with Crippen molar-refractivity contribution in [3.63, 3.8) is 0 Å². The van der Waals surface area contributed by atoms with Gasteiger partial charge in [-0.05, 0) is 39.3 Å². The van der Waals surface area contributed by atoms with Crippen LogP contribution in [0.2, 0.25) is 0 Å². The first-order valence-electron chi connectivity index (χ1n) is 5.39. The molecule has 0 fully saturated rings. The van der Waals surface area contributed by atoms with Crippen molar-refractivity contribution < 1.29 is 9.53 Å². The van der Waals surface area contributed by atoms with Crippen molar-refractivity contribution in [3.05, 3.63) is 30.6 Å². The molecule has 0 saturated carbocycles. The molecule has 0 aromatic carbocycles. The Balaban J connectivity index is 2.82. The Hall–Kier alpha value is -1.84. The quantitative estimate of drug-likeness (QED) is 0.852. The second-order valence-electron chi connectivity index (χ2n) is 4.83. The predicted octanol–water partition coefficient (Wildman–Crippen LogP) is 3.46. The van der Waals surface area contributed by atoms with E-state index < -0.39 is 11.7 Å². The number of hydrogen-bond acceptors (Lipinski definition) is 3. The van der Waals surface area contributed by atoms with Crippen LogP contribution in [0.15, 0.2) is 25.0 Å². The van der Waals surface area contributed by atoms with Crippen LogP contribution in [0, 0.1) is 0 Å². The summed E-state index contributed by atoms with van der Waals surface area (Å²) in [6.45, 7) is 11.1. The minimum Gasteiger partial charge on any atom is -0.444 e. The van der Waals surface area contributed by atoms with Crippen molar-refractivity contribution in [1.82, 2.24) is 4.98 Å². The number of rotatable bonds is 2. The lowest BCUT2D eigenvalue weighted by atomic mass is 10.1. The minimum atomic E-state index is -0.513. The average Bonchev–Trinajstić information content (AvgIpc) is 2.14. The van der Waals surface area contributed by atoms with E-state index in [1.165, 1.54) is 0 Å². The molecule has 0 saturated heterocycles. The van der Waals surface area contributed by atoms with Gasteiger partial charge in [-0.25, -0.2) is 4.79 Å². The molecule has 1 amide bonds. The minimum absolute atomic E-state index is 0.480. The van der Waals surface area contributed by atoms with Crippen LogP contribution >= 0.6 is 0 Å². The van der Waals surface area contributed by atoms with Gasteiger partial charge in [0.05, 0.1) is 5.69 Å². The first-order chi connectivity index (χ1) is 7.79. The molecule has 0 aliphatic heterocycles. The van der Waals surface area contributed by atoms with Gasteiger partial charge >= 0.3 is 6.09 Å². The van der Waals surface area contributed by atoms with E-state index in [4.69, 9.17) is 4.74 Å². The third kappa shape index (κ3) is 4.26. The monoisotopic (exact) mass is 234 g/mol. The SMILES string of the molecule is C=C(C)c1cnccc1NC(=O)OC(C)(C)C. The molecule has 1 aromatic rings. The number of allylic oxidation sites excluding steroid dienone is 1. The van der Waals surface area contributed by atoms with Crippen molar-refractivity contribution in [1.29, 1.82) is 0 Å². The Morgan fingerprint density at radius 1 is 1.47 bits per heavy atom. The summed E-state index contributed by atoms with van der Waals surface area (Å²) in [5.41, 5.74) is 1.78. The highest BCUT2D eigenvalue weighted by Gasteiger charge is 2.17. The fourth-order valence-corrected chi connectivity index (χ4v) is 1.26. The van der Waals surface area contributed by atoms with Gasteiger partial charge in [0.15, 0.2) is 0 Å². The lowest BCUT2D eigenvalue weighted by Crippen LogP contribution is -2.27. The Bertz CT molecular complexity index is 433. The fourth-order valence-electron chi connectivity index (χ4n) is 1.26. The van der Waals surface area contributed by atoms with Crippen LogP contribution in [0.25, 0.3) is 5.57 Å². The molecule has 1 aromatic heterocycles. The van der Waals surface area contributed by atoms with Crippen molar-refractivity contribution in [2.24, 2.45) is 0 Å². The Labute approximate surface area is 102 Å². The van der Waals surface area contributed by atoms with Crippen LogP contribution in [-0.4, -0.2) is 16.7 Å². The molecule has 4 nitrogen and oxygen atoms in total. The molecule has 4 heteroatoms. The van der Waals surface area contributed by atoms with Crippen LogP contribution in [0.4, 0.5) is 10.5 Å². The average molecular weight is 234 g/mol. The number of amides is 1. The molecule has 1 rings (SSSR count). The summed E-state index contributed by atoms with van der Waals surface area (Å²) in [7, 11) is 0. The predicted molar refractivity (Wildman–Crippen MR) is 68.8 cm³/mol. The number of carbonyl (C=O) groups is 1.